The SMILES string of the molecule is O=C(O)CC1(NC(=O)[C@@H](O)c2ccccc2Cl)CCCCC1. The van der Waals surface area contributed by atoms with Gasteiger partial charge in [0.1, 0.15) is 0 Å². The lowest BCUT2D eigenvalue weighted by molar-refractivity contribution is -0.140. The lowest BCUT2D eigenvalue weighted by Crippen LogP contribution is -2.52. The Labute approximate surface area is 134 Å². The summed E-state index contributed by atoms with van der Waals surface area (Å²) in [5, 5.41) is 22.4. The third-order valence-electron chi connectivity index (χ3n) is 4.14. The summed E-state index contributed by atoms with van der Waals surface area (Å²) in [7, 11) is 0. The van der Waals surface area contributed by atoms with E-state index in [-0.39, 0.29) is 6.42 Å². The minimum Gasteiger partial charge on any atom is -0.481 e. The molecule has 0 heterocycles. The zero-order valence-corrected chi connectivity index (χ0v) is 13.0. The molecule has 0 unspecified atom stereocenters. The first-order valence-electron chi connectivity index (χ1n) is 7.40. The van der Waals surface area contributed by atoms with Crippen molar-refractivity contribution in [2.24, 2.45) is 0 Å². The molecule has 0 spiro atoms. The minimum absolute atomic E-state index is 0.131. The molecule has 0 aromatic heterocycles. The molecule has 1 aliphatic carbocycles. The van der Waals surface area contributed by atoms with Crippen LogP contribution in [-0.4, -0.2) is 27.6 Å². The van der Waals surface area contributed by atoms with Crippen LogP contribution in [0.3, 0.4) is 0 Å². The van der Waals surface area contributed by atoms with Crippen LogP contribution in [0.15, 0.2) is 24.3 Å². The van der Waals surface area contributed by atoms with Gasteiger partial charge < -0.3 is 15.5 Å². The van der Waals surface area contributed by atoms with Crippen LogP contribution in [0.1, 0.15) is 50.2 Å². The highest BCUT2D eigenvalue weighted by Gasteiger charge is 2.37. The molecule has 1 amide bonds. The zero-order valence-electron chi connectivity index (χ0n) is 12.2. The summed E-state index contributed by atoms with van der Waals surface area (Å²) in [5.41, 5.74) is -0.452. The fourth-order valence-electron chi connectivity index (χ4n) is 3.03. The van der Waals surface area contributed by atoms with Crippen LogP contribution in [0.25, 0.3) is 0 Å². The standard InChI is InChI=1S/C16H20ClNO4/c17-12-7-3-2-6-11(12)14(21)15(22)18-16(10-13(19)20)8-4-1-5-9-16/h2-3,6-7,14,21H,1,4-5,8-10H2,(H,18,22)(H,19,20)/t14-/m0/s1. The number of hydrogen-bond donors (Lipinski definition) is 3. The van der Waals surface area contributed by atoms with E-state index in [2.05, 4.69) is 5.32 Å². The van der Waals surface area contributed by atoms with E-state index in [0.717, 1.165) is 19.3 Å². The Kier molecular flexibility index (Phi) is 5.42. The molecule has 1 fully saturated rings. The van der Waals surface area contributed by atoms with Crippen LogP contribution < -0.4 is 5.32 Å². The van der Waals surface area contributed by atoms with E-state index in [9.17, 15) is 14.7 Å². The minimum atomic E-state index is -1.40. The second kappa shape index (κ2) is 7.11. The van der Waals surface area contributed by atoms with E-state index in [4.69, 9.17) is 16.7 Å². The number of nitrogens with one attached hydrogen (secondary N) is 1. The van der Waals surface area contributed by atoms with E-state index < -0.39 is 23.5 Å². The second-order valence-electron chi connectivity index (χ2n) is 5.82. The van der Waals surface area contributed by atoms with E-state index in [1.807, 2.05) is 0 Å². The van der Waals surface area contributed by atoms with Crippen molar-refractivity contribution in [1.82, 2.24) is 5.32 Å². The molecule has 1 aromatic rings. The predicted molar refractivity (Wildman–Crippen MR) is 82.6 cm³/mol. The largest absolute Gasteiger partial charge is 0.481 e. The fourth-order valence-corrected chi connectivity index (χ4v) is 3.27. The first-order chi connectivity index (χ1) is 10.4. The van der Waals surface area contributed by atoms with Crippen LogP contribution in [-0.2, 0) is 9.59 Å². The highest BCUT2D eigenvalue weighted by Crippen LogP contribution is 2.32. The van der Waals surface area contributed by atoms with Crippen molar-refractivity contribution in [1.29, 1.82) is 0 Å². The summed E-state index contributed by atoms with van der Waals surface area (Å²) in [6, 6.07) is 6.58. The smallest absolute Gasteiger partial charge is 0.305 e. The van der Waals surface area contributed by atoms with Gasteiger partial charge in [0, 0.05) is 10.6 Å². The van der Waals surface area contributed by atoms with Gasteiger partial charge in [-0.15, -0.1) is 0 Å². The summed E-state index contributed by atoms with van der Waals surface area (Å²) < 4.78 is 0. The number of rotatable bonds is 5. The molecule has 22 heavy (non-hydrogen) atoms. The summed E-state index contributed by atoms with van der Waals surface area (Å²) in [5.74, 6) is -1.55. The summed E-state index contributed by atoms with van der Waals surface area (Å²) in [6.45, 7) is 0. The number of hydrogen-bond acceptors (Lipinski definition) is 3. The van der Waals surface area contributed by atoms with E-state index >= 15 is 0 Å². The molecule has 2 rings (SSSR count). The number of amides is 1. The molecule has 120 valence electrons. The molecule has 3 N–H and O–H groups in total. The summed E-state index contributed by atoms with van der Waals surface area (Å²) in [4.78, 5) is 23.5. The Balaban J connectivity index is 2.14. The Morgan fingerprint density at radius 2 is 1.86 bits per heavy atom. The van der Waals surface area contributed by atoms with Crippen molar-refractivity contribution in [3.8, 4) is 0 Å². The molecular formula is C16H20ClNO4. The number of benzene rings is 1. The number of halogens is 1. The molecule has 0 bridgehead atoms. The molecule has 1 aliphatic rings. The molecule has 6 heteroatoms. The maximum atomic E-state index is 12.3. The van der Waals surface area contributed by atoms with Gasteiger partial charge in [0.25, 0.3) is 5.91 Å². The van der Waals surface area contributed by atoms with E-state index in [1.165, 1.54) is 0 Å². The molecule has 1 atom stereocenters. The highest BCUT2D eigenvalue weighted by atomic mass is 35.5. The van der Waals surface area contributed by atoms with Crippen molar-refractivity contribution in [3.05, 3.63) is 34.9 Å². The van der Waals surface area contributed by atoms with Gasteiger partial charge in [0.15, 0.2) is 6.10 Å². The molecule has 1 saturated carbocycles. The molecule has 0 radical (unpaired) electrons. The maximum Gasteiger partial charge on any atom is 0.305 e. The number of aliphatic hydroxyl groups excluding tert-OH is 1. The maximum absolute atomic E-state index is 12.3. The number of aliphatic carboxylic acids is 1. The number of carbonyl (C=O) groups excluding carboxylic acids is 1. The van der Waals surface area contributed by atoms with E-state index in [1.54, 1.807) is 24.3 Å². The van der Waals surface area contributed by atoms with Crippen molar-refractivity contribution in [3.63, 3.8) is 0 Å². The van der Waals surface area contributed by atoms with Gasteiger partial charge >= 0.3 is 5.97 Å². The molecular weight excluding hydrogens is 306 g/mol. The quantitative estimate of drug-likeness (QED) is 0.776. The van der Waals surface area contributed by atoms with Crippen LogP contribution in [0.2, 0.25) is 5.02 Å². The number of carboxylic acid groups (broad SMARTS) is 1. The third kappa shape index (κ3) is 3.99. The number of carboxylic acids is 1. The third-order valence-corrected chi connectivity index (χ3v) is 4.48. The highest BCUT2D eigenvalue weighted by molar-refractivity contribution is 6.31. The van der Waals surface area contributed by atoms with Crippen LogP contribution in [0.4, 0.5) is 0 Å². The monoisotopic (exact) mass is 325 g/mol. The van der Waals surface area contributed by atoms with Gasteiger partial charge in [-0.25, -0.2) is 0 Å². The Morgan fingerprint density at radius 1 is 1.23 bits per heavy atom. The predicted octanol–water partition coefficient (Wildman–Crippen LogP) is 2.67. The lowest BCUT2D eigenvalue weighted by atomic mass is 9.79. The molecule has 1 aromatic carbocycles. The Bertz CT molecular complexity index is 555. The summed E-state index contributed by atoms with van der Waals surface area (Å²) in [6.07, 6.45) is 2.46. The topological polar surface area (TPSA) is 86.6 Å². The van der Waals surface area contributed by atoms with Crippen LogP contribution >= 0.6 is 11.6 Å². The molecule has 0 saturated heterocycles. The van der Waals surface area contributed by atoms with Crippen molar-refractivity contribution >= 4 is 23.5 Å². The van der Waals surface area contributed by atoms with Gasteiger partial charge in [-0.3, -0.25) is 9.59 Å². The first kappa shape index (κ1) is 16.8. The first-order valence-corrected chi connectivity index (χ1v) is 7.78. The average molecular weight is 326 g/mol. The zero-order chi connectivity index (χ0) is 16.2. The number of carbonyl (C=O) groups is 2. The van der Waals surface area contributed by atoms with Gasteiger partial charge in [-0.05, 0) is 18.9 Å². The van der Waals surface area contributed by atoms with Crippen LogP contribution in [0, 0.1) is 0 Å². The molecule has 5 nitrogen and oxygen atoms in total. The van der Waals surface area contributed by atoms with Crippen LogP contribution in [0.5, 0.6) is 0 Å². The van der Waals surface area contributed by atoms with Crippen molar-refractivity contribution in [2.75, 3.05) is 0 Å². The van der Waals surface area contributed by atoms with Crippen molar-refractivity contribution in [2.45, 2.75) is 50.2 Å². The normalized spacial score (nSPS) is 18.5. The van der Waals surface area contributed by atoms with Gasteiger partial charge in [-0.1, -0.05) is 49.1 Å². The molecule has 0 aliphatic heterocycles. The van der Waals surface area contributed by atoms with Gasteiger partial charge in [0.05, 0.1) is 12.0 Å². The van der Waals surface area contributed by atoms with Crippen molar-refractivity contribution < 1.29 is 19.8 Å². The lowest BCUT2D eigenvalue weighted by Gasteiger charge is -2.37. The van der Waals surface area contributed by atoms with E-state index in [0.29, 0.717) is 23.4 Å². The van der Waals surface area contributed by atoms with Gasteiger partial charge in [0.2, 0.25) is 0 Å². The number of aliphatic hydroxyl groups is 1. The Morgan fingerprint density at radius 3 is 2.45 bits per heavy atom. The second-order valence-corrected chi connectivity index (χ2v) is 6.23. The summed E-state index contributed by atoms with van der Waals surface area (Å²) >= 11 is 5.99. The van der Waals surface area contributed by atoms with Gasteiger partial charge in [-0.2, -0.15) is 0 Å². The average Bonchev–Trinajstić information content (AvgIpc) is 2.47. The fraction of sp³-hybridized carbons (Fsp3) is 0.500. The Hall–Kier alpha value is -1.59.